The molecule has 0 saturated heterocycles. The van der Waals surface area contributed by atoms with Crippen LogP contribution in [0.1, 0.15) is 91.8 Å². The summed E-state index contributed by atoms with van der Waals surface area (Å²) in [5.74, 6) is -2.46. The molecule has 2 atom stereocenters. The number of rotatable bonds is 11. The van der Waals surface area contributed by atoms with Crippen molar-refractivity contribution in [1.82, 2.24) is 15.3 Å². The number of nitrogen functional groups attached to an aromatic ring is 1. The van der Waals surface area contributed by atoms with Gasteiger partial charge in [0.15, 0.2) is 11.6 Å². The van der Waals surface area contributed by atoms with Gasteiger partial charge in [-0.3, -0.25) is 15.0 Å². The Morgan fingerprint density at radius 2 is 1.24 bits per heavy atom. The number of amidine groups is 2. The summed E-state index contributed by atoms with van der Waals surface area (Å²) in [4.78, 5) is 84.6. The van der Waals surface area contributed by atoms with E-state index in [1.165, 1.54) is 12.5 Å². The smallest absolute Gasteiger partial charge is 0.374 e. The minimum atomic E-state index is -2.22. The first-order valence-electron chi connectivity index (χ1n) is 20.4. The van der Waals surface area contributed by atoms with E-state index < -0.39 is 29.4 Å². The van der Waals surface area contributed by atoms with Crippen LogP contribution in [-0.4, -0.2) is 87.2 Å². The number of aliphatic hydroxyl groups is 2. The lowest BCUT2D eigenvalue weighted by Gasteiger charge is -2.29. The maximum absolute atomic E-state index is 12.0. The Morgan fingerprint density at radius 3 is 1.68 bits per heavy atom. The van der Waals surface area contributed by atoms with Crippen LogP contribution in [0.15, 0.2) is 94.0 Å². The Balaban J connectivity index is 0.000000869. The fraction of sp³-hybridized carbons (Fsp3) is 0.340. The van der Waals surface area contributed by atoms with Gasteiger partial charge >= 0.3 is 24.1 Å². The van der Waals surface area contributed by atoms with Gasteiger partial charge < -0.3 is 40.5 Å². The molecule has 18 nitrogen and oxygen atoms in total. The summed E-state index contributed by atoms with van der Waals surface area (Å²) in [5, 5.41) is 30.2. The van der Waals surface area contributed by atoms with Crippen LogP contribution in [0.3, 0.4) is 0 Å². The lowest BCUT2D eigenvalue weighted by molar-refractivity contribution is -0.191. The highest BCUT2D eigenvalue weighted by molar-refractivity contribution is 6.34. The third-order valence-electron chi connectivity index (χ3n) is 9.12. The van der Waals surface area contributed by atoms with E-state index in [1.54, 1.807) is 46.8 Å². The second-order valence-electron chi connectivity index (χ2n) is 14.0. The maximum Gasteiger partial charge on any atom is 0.374 e. The molecule has 19 heteroatoms. The fourth-order valence-corrected chi connectivity index (χ4v) is 5.02. The van der Waals surface area contributed by atoms with Gasteiger partial charge in [-0.05, 0) is 61.8 Å². The molecule has 66 heavy (non-hydrogen) atoms. The van der Waals surface area contributed by atoms with E-state index in [1.807, 2.05) is 88.4 Å². The van der Waals surface area contributed by atoms with Crippen molar-refractivity contribution in [3.63, 3.8) is 0 Å². The number of benzene rings is 3. The predicted octanol–water partition coefficient (Wildman–Crippen LogP) is 5.90. The molecule has 1 aromatic heterocycles. The van der Waals surface area contributed by atoms with E-state index in [2.05, 4.69) is 25.0 Å². The molecule has 0 aliphatic carbocycles. The molecule has 2 unspecified atom stereocenters. The van der Waals surface area contributed by atoms with Crippen LogP contribution in [0.5, 0.6) is 0 Å². The predicted molar refractivity (Wildman–Crippen MR) is 249 cm³/mol. The molecular formula is C47H59ClN6O12. The third-order valence-corrected chi connectivity index (χ3v) is 9.12. The number of H-pyrrole nitrogens is 1. The van der Waals surface area contributed by atoms with E-state index in [0.717, 1.165) is 22.3 Å². The number of ether oxygens (including phenoxy) is 3. The largest absolute Gasteiger partial charge is 0.494 e. The third kappa shape index (κ3) is 18.1. The molecule has 0 amide bonds. The highest BCUT2D eigenvalue weighted by Crippen LogP contribution is 2.27. The van der Waals surface area contributed by atoms with Crippen molar-refractivity contribution in [2.45, 2.75) is 81.4 Å². The minimum Gasteiger partial charge on any atom is -0.494 e. The van der Waals surface area contributed by atoms with Crippen LogP contribution in [0.2, 0.25) is 0 Å². The van der Waals surface area contributed by atoms with Crippen LogP contribution >= 0.6 is 12.4 Å². The number of nitrogens with two attached hydrogens (primary N) is 1. The van der Waals surface area contributed by atoms with Crippen molar-refractivity contribution in [2.24, 2.45) is 16.6 Å². The molecule has 0 bridgehead atoms. The lowest BCUT2D eigenvalue weighted by atomic mass is 10.0. The molecule has 1 aliphatic heterocycles. The number of aliphatic imine (C=N–C) groups is 1. The Hall–Kier alpha value is -7.27. The molecule has 2 heterocycles. The van der Waals surface area contributed by atoms with E-state index in [4.69, 9.17) is 30.2 Å². The number of aliphatic hydroxyl groups excluding tert-OH is 1. The van der Waals surface area contributed by atoms with Gasteiger partial charge in [0.25, 0.3) is 11.3 Å². The van der Waals surface area contributed by atoms with Crippen molar-refractivity contribution in [2.75, 3.05) is 19.8 Å². The van der Waals surface area contributed by atoms with Crippen LogP contribution in [0, 0.1) is 39.0 Å². The van der Waals surface area contributed by atoms with Gasteiger partial charge in [-0.2, -0.15) is 9.59 Å². The number of Topliss-reactive ketones (excluding diaryl/α,β-unsaturated/α-hetero) is 1. The zero-order chi connectivity index (χ0) is 49.4. The second-order valence-corrected chi connectivity index (χ2v) is 14.0. The summed E-state index contributed by atoms with van der Waals surface area (Å²) in [6, 6.07) is 22.4. The summed E-state index contributed by atoms with van der Waals surface area (Å²) < 4.78 is 14.3. The zero-order valence-electron chi connectivity index (χ0n) is 38.7. The summed E-state index contributed by atoms with van der Waals surface area (Å²) in [7, 11) is 0. The number of aromatic amines is 1. The Morgan fingerprint density at radius 1 is 0.788 bits per heavy atom. The molecule has 0 radical (unpaired) electrons. The van der Waals surface area contributed by atoms with Crippen molar-refractivity contribution in [1.29, 1.82) is 5.41 Å². The Bertz CT molecular complexity index is 2410. The molecule has 0 spiro atoms. The maximum atomic E-state index is 12.0. The van der Waals surface area contributed by atoms with Crippen LogP contribution < -0.4 is 16.6 Å². The van der Waals surface area contributed by atoms with Gasteiger partial charge in [-0.25, -0.2) is 24.4 Å². The van der Waals surface area contributed by atoms with Gasteiger partial charge in [0, 0.05) is 28.2 Å². The van der Waals surface area contributed by atoms with Crippen molar-refractivity contribution in [3.05, 3.63) is 134 Å². The van der Waals surface area contributed by atoms with Crippen LogP contribution in [0.25, 0.3) is 11.4 Å². The number of nitrogens with zero attached hydrogens (tertiary/aromatic N) is 2. The first-order valence-corrected chi connectivity index (χ1v) is 20.4. The van der Waals surface area contributed by atoms with Gasteiger partial charge in [0.2, 0.25) is 5.78 Å². The van der Waals surface area contributed by atoms with E-state index in [0.29, 0.717) is 17.8 Å². The number of ketones is 1. The molecule has 356 valence electrons. The number of halogens is 1. The topological polar surface area (TPSA) is 291 Å². The minimum absolute atomic E-state index is 0. The highest BCUT2D eigenvalue weighted by Gasteiger charge is 2.44. The van der Waals surface area contributed by atoms with Gasteiger partial charge in [-0.1, -0.05) is 103 Å². The molecule has 5 rings (SSSR count). The van der Waals surface area contributed by atoms with Crippen molar-refractivity contribution in [3.8, 4) is 11.4 Å². The molecule has 1 aliphatic rings. The number of aryl methyl sites for hydroxylation is 3. The summed E-state index contributed by atoms with van der Waals surface area (Å²) >= 11 is 0. The molecule has 3 aromatic carbocycles. The normalized spacial score (nSPS) is 13.6. The van der Waals surface area contributed by atoms with E-state index in [9.17, 15) is 34.2 Å². The molecule has 4 aromatic rings. The SMILES string of the molecule is CCOC(=O)C(=O)C(C)CC.CCOC(=O)C1(O)N=C(c2ccc(C)cc2)NC(O)=C1C.CCOC(=O)c1nc(-c2ccc(C)cc2)[nH]c(=O)c1C.Cc1ccc(C(=N)N)cc1.Cl.O=C=O. The lowest BCUT2D eigenvalue weighted by Crippen LogP contribution is -2.47. The number of hydrogen-bond donors (Lipinski definition) is 6. The number of carbonyl (C=O) groups is 4. The number of nitrogens with one attached hydrogen (secondary N) is 3. The molecular weight excluding hydrogens is 876 g/mol. The number of aromatic nitrogens is 2. The van der Waals surface area contributed by atoms with Gasteiger partial charge in [0.05, 0.1) is 25.4 Å². The molecule has 0 saturated carbocycles. The number of hydrogen-bond acceptors (Lipinski definition) is 16. The van der Waals surface area contributed by atoms with Crippen molar-refractivity contribution < 1.29 is 53.2 Å². The van der Waals surface area contributed by atoms with Crippen LogP contribution in [0.4, 0.5) is 0 Å². The number of carbonyl (C=O) groups excluding carboxylic acids is 6. The Labute approximate surface area is 389 Å². The van der Waals surface area contributed by atoms with Gasteiger partial charge in [-0.15, -0.1) is 12.4 Å². The van der Waals surface area contributed by atoms with E-state index in [-0.39, 0.29) is 84.2 Å². The number of esters is 3. The molecule has 7 N–H and O–H groups in total. The van der Waals surface area contributed by atoms with Gasteiger partial charge in [0.1, 0.15) is 17.5 Å². The van der Waals surface area contributed by atoms with Crippen molar-refractivity contribution >= 4 is 53.9 Å². The quantitative estimate of drug-likeness (QED) is 0.0336. The Kier molecular flexibility index (Phi) is 26.0. The molecule has 0 fully saturated rings. The van der Waals surface area contributed by atoms with E-state index >= 15 is 0 Å². The fourth-order valence-electron chi connectivity index (χ4n) is 5.02. The summed E-state index contributed by atoms with van der Waals surface area (Å²) in [6.07, 6.45) is 0.928. The summed E-state index contributed by atoms with van der Waals surface area (Å²) in [5.41, 5.74) is 8.54. The van der Waals surface area contributed by atoms with Crippen LogP contribution in [-0.2, 0) is 38.2 Å². The summed E-state index contributed by atoms with van der Waals surface area (Å²) in [6.45, 7) is 18.1. The zero-order valence-corrected chi connectivity index (χ0v) is 39.5. The monoisotopic (exact) mass is 934 g/mol. The first-order chi connectivity index (χ1) is 30.6. The average Bonchev–Trinajstić information content (AvgIpc) is 3.27. The standard InChI is InChI=1S/C15H18N2O4.C15H16N2O3.C8H10N2.C8H14O3.CO2.ClH/c1-4-21-14(19)15(20)10(3)13(18)16-12(17-15)11-7-5-9(2)6-8-11;1-4-20-15(19)12-10(3)14(18)17-13(16-12)11-7-5-9(2)6-8-11;1-6-2-4-7(5-3-6)8(9)10;1-4-6(3)7(9)8(10)11-5-2;2-1-3;/h5-8,18,20H,4H2,1-3H3,(H,16,17);5-8H,4H2,1-3H3,(H,16,17,18);2-5H,1H3,(H3,9,10);6H,4-5H2,1-3H3;;1H. The highest BCUT2D eigenvalue weighted by atomic mass is 35.5. The second kappa shape index (κ2) is 29.2. The average molecular weight is 935 g/mol. The first kappa shape index (κ1) is 58.7.